The van der Waals surface area contributed by atoms with Crippen molar-refractivity contribution in [3.8, 4) is 0 Å². The summed E-state index contributed by atoms with van der Waals surface area (Å²) in [6, 6.07) is 5.66. The lowest BCUT2D eigenvalue weighted by Gasteiger charge is -2.03. The number of nitrogens with zero attached hydrogens (tertiary/aromatic N) is 1. The molecule has 0 radical (unpaired) electrons. The first-order valence-corrected chi connectivity index (χ1v) is 5.66. The van der Waals surface area contributed by atoms with Gasteiger partial charge in [0.2, 0.25) is 5.91 Å². The van der Waals surface area contributed by atoms with Gasteiger partial charge in [-0.2, -0.15) is 0 Å². The fourth-order valence-electron chi connectivity index (χ4n) is 1.67. The van der Waals surface area contributed by atoms with Crippen LogP contribution in [0.5, 0.6) is 0 Å². The highest BCUT2D eigenvalue weighted by Gasteiger charge is 2.04. The largest absolute Gasteiger partial charge is 0.342 e. The number of carbonyl (C=O) groups excluding carboxylic acids is 1. The summed E-state index contributed by atoms with van der Waals surface area (Å²) in [5, 5.41) is 5.62. The summed E-state index contributed by atoms with van der Waals surface area (Å²) in [4.78, 5) is 19.0. The first-order valence-electron chi connectivity index (χ1n) is 5.66. The van der Waals surface area contributed by atoms with E-state index in [1.54, 1.807) is 7.05 Å². The van der Waals surface area contributed by atoms with Gasteiger partial charge in [0.05, 0.1) is 17.6 Å². The minimum absolute atomic E-state index is 0.0536. The van der Waals surface area contributed by atoms with Crippen LogP contribution in [0.4, 0.5) is 5.69 Å². The number of aromatic amines is 1. The van der Waals surface area contributed by atoms with Crippen LogP contribution in [-0.4, -0.2) is 29.5 Å². The van der Waals surface area contributed by atoms with Crippen LogP contribution in [0.2, 0.25) is 0 Å². The predicted octanol–water partition coefficient (Wildman–Crippen LogP) is 1.28. The second-order valence-electron chi connectivity index (χ2n) is 3.85. The number of likely N-dealkylation sites (N-methyl/N-ethyl adjacent to an activating group) is 1. The van der Waals surface area contributed by atoms with Crippen molar-refractivity contribution < 1.29 is 4.79 Å². The summed E-state index contributed by atoms with van der Waals surface area (Å²) in [5.74, 6) is 0.904. The molecule has 0 aliphatic carbocycles. The zero-order valence-electron chi connectivity index (χ0n) is 10.0. The second-order valence-corrected chi connectivity index (χ2v) is 3.85. The minimum Gasteiger partial charge on any atom is -0.342 e. The molecule has 0 atom stereocenters. The van der Waals surface area contributed by atoms with Gasteiger partial charge in [-0.1, -0.05) is 6.92 Å². The average molecular weight is 232 g/mol. The Morgan fingerprint density at radius 3 is 3.00 bits per heavy atom. The number of fused-ring (bicyclic) bond motifs is 1. The Bertz CT molecular complexity index is 532. The molecule has 5 nitrogen and oxygen atoms in total. The maximum atomic E-state index is 11.4. The monoisotopic (exact) mass is 232 g/mol. The molecule has 0 aliphatic heterocycles. The fraction of sp³-hybridized carbons (Fsp3) is 0.333. The lowest BCUT2D eigenvalue weighted by Crippen LogP contribution is -2.24. The third-order valence-electron chi connectivity index (χ3n) is 2.49. The van der Waals surface area contributed by atoms with Crippen LogP contribution in [0.25, 0.3) is 11.0 Å². The van der Waals surface area contributed by atoms with Crippen LogP contribution in [0, 0.1) is 0 Å². The average Bonchev–Trinajstić information content (AvgIpc) is 2.71. The number of anilines is 1. The van der Waals surface area contributed by atoms with Crippen LogP contribution in [0.15, 0.2) is 18.2 Å². The van der Waals surface area contributed by atoms with Crippen molar-refractivity contribution in [1.29, 1.82) is 0 Å². The molecule has 0 aliphatic rings. The molecule has 2 rings (SSSR count). The number of hydrogen-bond donors (Lipinski definition) is 3. The van der Waals surface area contributed by atoms with E-state index in [0.29, 0.717) is 6.54 Å². The van der Waals surface area contributed by atoms with E-state index < -0.39 is 0 Å². The van der Waals surface area contributed by atoms with E-state index in [2.05, 4.69) is 20.6 Å². The summed E-state index contributed by atoms with van der Waals surface area (Å²) in [6.07, 6.45) is 0.871. The van der Waals surface area contributed by atoms with Gasteiger partial charge in [0.15, 0.2) is 0 Å². The summed E-state index contributed by atoms with van der Waals surface area (Å²) in [7, 11) is 1.74. The molecular weight excluding hydrogens is 216 g/mol. The van der Waals surface area contributed by atoms with Gasteiger partial charge >= 0.3 is 0 Å². The van der Waals surface area contributed by atoms with Gasteiger partial charge in [-0.05, 0) is 25.2 Å². The van der Waals surface area contributed by atoms with Crippen molar-refractivity contribution in [2.45, 2.75) is 13.3 Å². The lowest BCUT2D eigenvalue weighted by atomic mass is 10.3. The molecule has 5 heteroatoms. The van der Waals surface area contributed by atoms with Gasteiger partial charge in [0.1, 0.15) is 5.82 Å². The molecule has 1 heterocycles. The molecule has 1 aromatic carbocycles. The highest BCUT2D eigenvalue weighted by molar-refractivity contribution is 5.94. The van der Waals surface area contributed by atoms with E-state index in [-0.39, 0.29) is 5.91 Å². The maximum Gasteiger partial charge on any atom is 0.238 e. The highest BCUT2D eigenvalue weighted by Crippen LogP contribution is 2.17. The number of aryl methyl sites for hydroxylation is 1. The number of amides is 1. The summed E-state index contributed by atoms with van der Waals surface area (Å²) >= 11 is 0. The molecule has 0 saturated heterocycles. The Morgan fingerprint density at radius 1 is 1.47 bits per heavy atom. The molecule has 0 spiro atoms. The van der Waals surface area contributed by atoms with Gasteiger partial charge in [-0.3, -0.25) is 4.79 Å². The van der Waals surface area contributed by atoms with Crippen LogP contribution >= 0.6 is 0 Å². The van der Waals surface area contributed by atoms with Crippen LogP contribution in [-0.2, 0) is 11.2 Å². The number of hydrogen-bond acceptors (Lipinski definition) is 3. The molecule has 0 fully saturated rings. The van der Waals surface area contributed by atoms with E-state index in [1.807, 2.05) is 25.1 Å². The van der Waals surface area contributed by atoms with Gasteiger partial charge in [0.25, 0.3) is 0 Å². The molecule has 0 bridgehead atoms. The molecular formula is C12H16N4O. The molecule has 2 aromatic rings. The summed E-state index contributed by atoms with van der Waals surface area (Å²) in [5.41, 5.74) is 2.65. The van der Waals surface area contributed by atoms with Crippen LogP contribution in [0.1, 0.15) is 12.7 Å². The lowest BCUT2D eigenvalue weighted by molar-refractivity contribution is -0.115. The molecule has 17 heavy (non-hydrogen) atoms. The quantitative estimate of drug-likeness (QED) is 0.743. The van der Waals surface area contributed by atoms with Gasteiger partial charge in [-0.15, -0.1) is 0 Å². The molecule has 3 N–H and O–H groups in total. The number of imidazole rings is 1. The van der Waals surface area contributed by atoms with E-state index >= 15 is 0 Å². The van der Waals surface area contributed by atoms with Crippen molar-refractivity contribution in [2.75, 3.05) is 18.9 Å². The number of benzene rings is 1. The number of H-pyrrole nitrogens is 1. The molecule has 1 amide bonds. The molecule has 1 aromatic heterocycles. The van der Waals surface area contributed by atoms with E-state index in [4.69, 9.17) is 0 Å². The van der Waals surface area contributed by atoms with Crippen LogP contribution < -0.4 is 10.6 Å². The van der Waals surface area contributed by atoms with E-state index in [9.17, 15) is 4.79 Å². The first kappa shape index (κ1) is 11.6. The van der Waals surface area contributed by atoms with Crippen molar-refractivity contribution in [2.24, 2.45) is 0 Å². The molecule has 90 valence electrons. The summed E-state index contributed by atoms with van der Waals surface area (Å²) < 4.78 is 0. The smallest absolute Gasteiger partial charge is 0.238 e. The first-order chi connectivity index (χ1) is 8.22. The third-order valence-corrected chi connectivity index (χ3v) is 2.49. The second kappa shape index (κ2) is 4.97. The normalized spacial score (nSPS) is 10.7. The van der Waals surface area contributed by atoms with Crippen molar-refractivity contribution in [3.63, 3.8) is 0 Å². The Balaban J connectivity index is 2.21. The number of rotatable bonds is 4. The van der Waals surface area contributed by atoms with E-state index in [0.717, 1.165) is 29.0 Å². The zero-order chi connectivity index (χ0) is 12.3. The predicted molar refractivity (Wildman–Crippen MR) is 68.0 cm³/mol. The van der Waals surface area contributed by atoms with Crippen LogP contribution in [0.3, 0.4) is 0 Å². The Hall–Kier alpha value is -1.88. The number of aromatic nitrogens is 2. The number of carbonyl (C=O) groups is 1. The fourth-order valence-corrected chi connectivity index (χ4v) is 1.67. The third kappa shape index (κ3) is 2.62. The van der Waals surface area contributed by atoms with Gasteiger partial charge < -0.3 is 15.6 Å². The Labute approximate surface area is 99.6 Å². The van der Waals surface area contributed by atoms with Gasteiger partial charge in [-0.25, -0.2) is 4.98 Å². The topological polar surface area (TPSA) is 69.8 Å². The van der Waals surface area contributed by atoms with Crippen molar-refractivity contribution in [3.05, 3.63) is 24.0 Å². The minimum atomic E-state index is -0.0536. The SMILES string of the molecule is CCc1nc2ccc(NC(=O)CNC)cc2[nH]1. The zero-order valence-corrected chi connectivity index (χ0v) is 10.0. The summed E-state index contributed by atoms with van der Waals surface area (Å²) in [6.45, 7) is 2.36. The maximum absolute atomic E-state index is 11.4. The standard InChI is InChI=1S/C12H16N4O/c1-3-11-15-9-5-4-8(6-10(9)16-11)14-12(17)7-13-2/h4-6,13H,3,7H2,1-2H3,(H,14,17)(H,15,16). The Morgan fingerprint density at radius 2 is 2.29 bits per heavy atom. The van der Waals surface area contributed by atoms with Crippen molar-refractivity contribution in [1.82, 2.24) is 15.3 Å². The van der Waals surface area contributed by atoms with E-state index in [1.165, 1.54) is 0 Å². The molecule has 0 unspecified atom stereocenters. The van der Waals surface area contributed by atoms with Gasteiger partial charge in [0, 0.05) is 12.1 Å². The molecule has 0 saturated carbocycles. The Kier molecular flexibility index (Phi) is 3.39. The number of nitrogens with one attached hydrogen (secondary N) is 3. The van der Waals surface area contributed by atoms with Crippen molar-refractivity contribution >= 4 is 22.6 Å². The highest BCUT2D eigenvalue weighted by atomic mass is 16.1.